The molecule has 2 unspecified atom stereocenters. The first-order valence-corrected chi connectivity index (χ1v) is 7.22. The number of ether oxygens (including phenoxy) is 1. The van der Waals surface area contributed by atoms with Crippen LogP contribution in [0.3, 0.4) is 0 Å². The molecule has 0 radical (unpaired) electrons. The van der Waals surface area contributed by atoms with Crippen molar-refractivity contribution in [1.29, 1.82) is 0 Å². The predicted molar refractivity (Wildman–Crippen MR) is 60.5 cm³/mol. The van der Waals surface area contributed by atoms with E-state index in [0.29, 0.717) is 6.61 Å². The summed E-state index contributed by atoms with van der Waals surface area (Å²) >= 11 is 0. The molecule has 0 saturated heterocycles. The summed E-state index contributed by atoms with van der Waals surface area (Å²) in [5.74, 6) is 0.121. The van der Waals surface area contributed by atoms with Gasteiger partial charge in [0, 0.05) is 6.04 Å². The lowest BCUT2D eigenvalue weighted by atomic mass is 10.3. The molecule has 0 amide bonds. The van der Waals surface area contributed by atoms with Gasteiger partial charge in [0.1, 0.15) is 0 Å². The number of nitrogens with two attached hydrogens (primary N) is 1. The summed E-state index contributed by atoms with van der Waals surface area (Å²) < 4.78 is 28.4. The molecule has 0 aromatic rings. The summed E-state index contributed by atoms with van der Waals surface area (Å²) in [7, 11) is -2.96. The second-order valence-corrected chi connectivity index (χ2v) is 7.16. The molecule has 2 atom stereocenters. The van der Waals surface area contributed by atoms with E-state index in [1.807, 2.05) is 0 Å². The van der Waals surface area contributed by atoms with Gasteiger partial charge in [0.2, 0.25) is 0 Å². The van der Waals surface area contributed by atoms with Gasteiger partial charge in [-0.1, -0.05) is 0 Å². The molecule has 90 valence electrons. The van der Waals surface area contributed by atoms with Crippen LogP contribution in [0.5, 0.6) is 0 Å². The fourth-order valence-corrected chi connectivity index (χ4v) is 2.49. The molecule has 5 heteroatoms. The normalized spacial score (nSPS) is 27.5. The van der Waals surface area contributed by atoms with E-state index in [1.165, 1.54) is 0 Å². The number of hydrogen-bond acceptors (Lipinski definition) is 4. The Labute approximate surface area is 92.1 Å². The van der Waals surface area contributed by atoms with E-state index in [4.69, 9.17) is 10.5 Å². The summed E-state index contributed by atoms with van der Waals surface area (Å²) in [6, 6.07) is 0.233. The van der Waals surface area contributed by atoms with E-state index in [1.54, 1.807) is 13.8 Å². The molecule has 1 aliphatic carbocycles. The average Bonchev–Trinajstić information content (AvgIpc) is 2.51. The minimum Gasteiger partial charge on any atom is -0.377 e. The van der Waals surface area contributed by atoms with Crippen molar-refractivity contribution in [3.8, 4) is 0 Å². The molecule has 2 N–H and O–H groups in total. The van der Waals surface area contributed by atoms with Crippen molar-refractivity contribution in [2.75, 3.05) is 12.4 Å². The number of hydrogen-bond donors (Lipinski definition) is 1. The number of rotatable bonds is 5. The Morgan fingerprint density at radius 2 is 2.07 bits per heavy atom. The van der Waals surface area contributed by atoms with E-state index in [2.05, 4.69) is 0 Å². The molecule has 0 bridgehead atoms. The minimum atomic E-state index is -2.96. The lowest BCUT2D eigenvalue weighted by Gasteiger charge is -2.12. The van der Waals surface area contributed by atoms with Gasteiger partial charge in [0.15, 0.2) is 9.84 Å². The summed E-state index contributed by atoms with van der Waals surface area (Å²) in [4.78, 5) is 0. The van der Waals surface area contributed by atoms with E-state index < -0.39 is 9.84 Å². The highest BCUT2D eigenvalue weighted by Crippen LogP contribution is 2.20. The third kappa shape index (κ3) is 4.09. The topological polar surface area (TPSA) is 69.4 Å². The SMILES string of the molecule is CC(C)S(=O)(=O)CCOC1CCC(N)C1. The van der Waals surface area contributed by atoms with Gasteiger partial charge in [0.25, 0.3) is 0 Å². The maximum Gasteiger partial charge on any atom is 0.154 e. The highest BCUT2D eigenvalue weighted by atomic mass is 32.2. The molecular weight excluding hydrogens is 214 g/mol. The van der Waals surface area contributed by atoms with Crippen LogP contribution in [-0.2, 0) is 14.6 Å². The zero-order chi connectivity index (χ0) is 11.5. The molecular formula is C10H21NO3S. The molecule has 1 aliphatic rings. The molecule has 1 rings (SSSR count). The van der Waals surface area contributed by atoms with Gasteiger partial charge in [-0.3, -0.25) is 0 Å². The van der Waals surface area contributed by atoms with Gasteiger partial charge in [-0.15, -0.1) is 0 Å². The van der Waals surface area contributed by atoms with E-state index in [0.717, 1.165) is 19.3 Å². The Hall–Kier alpha value is -0.130. The summed E-state index contributed by atoms with van der Waals surface area (Å²) in [6.07, 6.45) is 2.98. The Bertz CT molecular complexity index is 287. The van der Waals surface area contributed by atoms with Crippen molar-refractivity contribution in [1.82, 2.24) is 0 Å². The molecule has 1 fully saturated rings. The highest BCUT2D eigenvalue weighted by molar-refractivity contribution is 7.91. The summed E-state index contributed by atoms with van der Waals surface area (Å²) in [5.41, 5.74) is 5.73. The zero-order valence-electron chi connectivity index (χ0n) is 9.48. The van der Waals surface area contributed by atoms with Crippen LogP contribution in [0.25, 0.3) is 0 Å². The zero-order valence-corrected chi connectivity index (χ0v) is 10.3. The van der Waals surface area contributed by atoms with Gasteiger partial charge in [0.05, 0.1) is 23.7 Å². The molecule has 4 nitrogen and oxygen atoms in total. The van der Waals surface area contributed by atoms with Crippen molar-refractivity contribution >= 4 is 9.84 Å². The molecule has 15 heavy (non-hydrogen) atoms. The van der Waals surface area contributed by atoms with Crippen LogP contribution >= 0.6 is 0 Å². The monoisotopic (exact) mass is 235 g/mol. The van der Waals surface area contributed by atoms with Crippen LogP contribution < -0.4 is 5.73 Å². The Kier molecular flexibility index (Phi) is 4.55. The minimum absolute atomic E-state index is 0.121. The molecule has 1 saturated carbocycles. The van der Waals surface area contributed by atoms with Crippen LogP contribution in [0.15, 0.2) is 0 Å². The quantitative estimate of drug-likeness (QED) is 0.762. The van der Waals surface area contributed by atoms with Gasteiger partial charge >= 0.3 is 0 Å². The van der Waals surface area contributed by atoms with Crippen LogP contribution in [0.2, 0.25) is 0 Å². The van der Waals surface area contributed by atoms with Crippen molar-refractivity contribution < 1.29 is 13.2 Å². The van der Waals surface area contributed by atoms with Gasteiger partial charge in [-0.25, -0.2) is 8.42 Å². The molecule has 0 heterocycles. The largest absolute Gasteiger partial charge is 0.377 e. The first-order valence-electron chi connectivity index (χ1n) is 5.50. The first kappa shape index (κ1) is 12.9. The van der Waals surface area contributed by atoms with E-state index in [9.17, 15) is 8.42 Å². The van der Waals surface area contributed by atoms with Gasteiger partial charge < -0.3 is 10.5 Å². The maximum atomic E-state index is 11.5. The average molecular weight is 235 g/mol. The Morgan fingerprint density at radius 1 is 1.40 bits per heavy atom. The van der Waals surface area contributed by atoms with E-state index in [-0.39, 0.29) is 23.1 Å². The Morgan fingerprint density at radius 3 is 2.53 bits per heavy atom. The highest BCUT2D eigenvalue weighted by Gasteiger charge is 2.23. The van der Waals surface area contributed by atoms with Crippen molar-refractivity contribution in [2.45, 2.75) is 50.5 Å². The van der Waals surface area contributed by atoms with Crippen molar-refractivity contribution in [3.63, 3.8) is 0 Å². The maximum absolute atomic E-state index is 11.5. The standard InChI is InChI=1S/C10H21NO3S/c1-8(2)15(12,13)6-5-14-10-4-3-9(11)7-10/h8-10H,3-7,11H2,1-2H3. The summed E-state index contributed by atoms with van der Waals surface area (Å²) in [6.45, 7) is 3.69. The molecule has 0 spiro atoms. The van der Waals surface area contributed by atoms with Gasteiger partial charge in [-0.05, 0) is 33.1 Å². The lowest BCUT2D eigenvalue weighted by Crippen LogP contribution is -2.23. The summed E-state index contributed by atoms with van der Waals surface area (Å²) in [5, 5.41) is -0.313. The molecule has 0 aromatic carbocycles. The van der Waals surface area contributed by atoms with Crippen LogP contribution in [0, 0.1) is 0 Å². The molecule has 0 aromatic heterocycles. The Balaban J connectivity index is 2.22. The third-order valence-corrected chi connectivity index (χ3v) is 5.04. The second kappa shape index (κ2) is 5.27. The van der Waals surface area contributed by atoms with Crippen molar-refractivity contribution in [3.05, 3.63) is 0 Å². The van der Waals surface area contributed by atoms with Gasteiger partial charge in [-0.2, -0.15) is 0 Å². The van der Waals surface area contributed by atoms with E-state index >= 15 is 0 Å². The third-order valence-electron chi connectivity index (χ3n) is 2.86. The fourth-order valence-electron chi connectivity index (χ4n) is 1.69. The smallest absolute Gasteiger partial charge is 0.154 e. The predicted octanol–water partition coefficient (Wildman–Crippen LogP) is 0.706. The van der Waals surface area contributed by atoms with Crippen molar-refractivity contribution in [2.24, 2.45) is 5.73 Å². The van der Waals surface area contributed by atoms with Crippen LogP contribution in [-0.4, -0.2) is 38.2 Å². The van der Waals surface area contributed by atoms with Crippen LogP contribution in [0.1, 0.15) is 33.1 Å². The number of sulfone groups is 1. The second-order valence-electron chi connectivity index (χ2n) is 4.48. The first-order chi connectivity index (χ1) is 6.92. The molecule has 0 aliphatic heterocycles. The van der Waals surface area contributed by atoms with Crippen LogP contribution in [0.4, 0.5) is 0 Å². The fraction of sp³-hybridized carbons (Fsp3) is 1.00. The lowest BCUT2D eigenvalue weighted by molar-refractivity contribution is 0.0687.